The molecule has 1 amide bonds. The van der Waals surface area contributed by atoms with Crippen molar-refractivity contribution in [3.63, 3.8) is 0 Å². The maximum absolute atomic E-state index is 10.6. The van der Waals surface area contributed by atoms with Crippen LogP contribution in [0.25, 0.3) is 0 Å². The van der Waals surface area contributed by atoms with Crippen molar-refractivity contribution in [1.29, 1.82) is 10.5 Å². The van der Waals surface area contributed by atoms with E-state index in [1.807, 2.05) is 0 Å². The minimum atomic E-state index is -0.935. The van der Waals surface area contributed by atoms with Gasteiger partial charge in [0.2, 0.25) is 0 Å². The molecule has 64 valence electrons. The molecular weight excluding hydrogens is 172 g/mol. The number of nitrogens with two attached hydrogens (primary N) is 2. The molecule has 0 radical (unpaired) electrons. The van der Waals surface area contributed by atoms with E-state index in [1.54, 1.807) is 12.1 Å². The average Bonchev–Trinajstić information content (AvgIpc) is 2.41. The first-order chi connectivity index (χ1) is 6.11. The molecule has 0 aliphatic carbocycles. The number of primary amides is 1. The van der Waals surface area contributed by atoms with E-state index in [-0.39, 0.29) is 17.1 Å². The minimum absolute atomic E-state index is 0.138. The highest BCUT2D eigenvalue weighted by molar-refractivity contribution is 5.79. The molecule has 0 aromatic carbocycles. The van der Waals surface area contributed by atoms with E-state index in [0.717, 1.165) is 0 Å². The SMILES string of the molecule is N#Cc1nn(C(N)=O)c(N)c1C#N. The van der Waals surface area contributed by atoms with Crippen LogP contribution in [0, 0.1) is 22.7 Å². The maximum atomic E-state index is 10.6. The van der Waals surface area contributed by atoms with Gasteiger partial charge in [-0.3, -0.25) is 0 Å². The van der Waals surface area contributed by atoms with Gasteiger partial charge < -0.3 is 11.5 Å². The van der Waals surface area contributed by atoms with Gasteiger partial charge in [-0.2, -0.15) is 15.2 Å². The summed E-state index contributed by atoms with van der Waals surface area (Å²) >= 11 is 0. The third-order valence-electron chi connectivity index (χ3n) is 1.35. The highest BCUT2D eigenvalue weighted by Crippen LogP contribution is 2.13. The molecule has 7 nitrogen and oxygen atoms in total. The summed E-state index contributed by atoms with van der Waals surface area (Å²) in [4.78, 5) is 10.6. The Morgan fingerprint density at radius 3 is 2.38 bits per heavy atom. The fourth-order valence-electron chi connectivity index (χ4n) is 0.788. The summed E-state index contributed by atoms with van der Waals surface area (Å²) in [5.74, 6) is -0.216. The molecule has 13 heavy (non-hydrogen) atoms. The van der Waals surface area contributed by atoms with E-state index >= 15 is 0 Å². The van der Waals surface area contributed by atoms with Crippen molar-refractivity contribution in [3.8, 4) is 12.1 Å². The average molecular weight is 176 g/mol. The Balaban J connectivity index is 3.48. The molecular formula is C6H4N6O. The van der Waals surface area contributed by atoms with E-state index < -0.39 is 6.03 Å². The Bertz CT molecular complexity index is 445. The normalized spacial score (nSPS) is 8.77. The van der Waals surface area contributed by atoms with E-state index in [4.69, 9.17) is 22.0 Å². The van der Waals surface area contributed by atoms with Crippen LogP contribution >= 0.6 is 0 Å². The van der Waals surface area contributed by atoms with Gasteiger partial charge in [0.1, 0.15) is 17.7 Å². The van der Waals surface area contributed by atoms with Crippen LogP contribution in [0.4, 0.5) is 10.6 Å². The molecule has 1 heterocycles. The Morgan fingerprint density at radius 1 is 1.46 bits per heavy atom. The summed E-state index contributed by atoms with van der Waals surface area (Å²) in [6.45, 7) is 0. The number of hydrogen-bond donors (Lipinski definition) is 2. The summed E-state index contributed by atoms with van der Waals surface area (Å²) < 4.78 is 0.608. The molecule has 0 saturated heterocycles. The van der Waals surface area contributed by atoms with Crippen molar-refractivity contribution in [1.82, 2.24) is 9.78 Å². The van der Waals surface area contributed by atoms with Gasteiger partial charge >= 0.3 is 6.03 Å². The number of aromatic nitrogens is 2. The first-order valence-corrected chi connectivity index (χ1v) is 3.10. The van der Waals surface area contributed by atoms with Crippen molar-refractivity contribution in [2.24, 2.45) is 5.73 Å². The summed E-state index contributed by atoms with van der Waals surface area (Å²) in [5, 5.41) is 20.5. The van der Waals surface area contributed by atoms with Gasteiger partial charge in [-0.05, 0) is 0 Å². The zero-order chi connectivity index (χ0) is 10.0. The Kier molecular flexibility index (Phi) is 1.86. The molecule has 0 fully saturated rings. The van der Waals surface area contributed by atoms with Crippen LogP contribution in [0.2, 0.25) is 0 Å². The number of nitriles is 2. The lowest BCUT2D eigenvalue weighted by Gasteiger charge is -1.94. The summed E-state index contributed by atoms with van der Waals surface area (Å²) in [7, 11) is 0. The lowest BCUT2D eigenvalue weighted by Crippen LogP contribution is -2.22. The van der Waals surface area contributed by atoms with Crippen LogP contribution in [0.5, 0.6) is 0 Å². The monoisotopic (exact) mass is 176 g/mol. The molecule has 4 N–H and O–H groups in total. The number of carbonyl (C=O) groups excluding carboxylic acids is 1. The smallest absolute Gasteiger partial charge is 0.341 e. The van der Waals surface area contributed by atoms with Crippen molar-refractivity contribution in [2.75, 3.05) is 5.73 Å². The third-order valence-corrected chi connectivity index (χ3v) is 1.35. The molecule has 0 spiro atoms. The van der Waals surface area contributed by atoms with Gasteiger partial charge in [0.15, 0.2) is 11.5 Å². The number of carbonyl (C=O) groups is 1. The van der Waals surface area contributed by atoms with Crippen molar-refractivity contribution < 1.29 is 4.79 Å². The highest BCUT2D eigenvalue weighted by Gasteiger charge is 2.17. The molecule has 0 atom stereocenters. The quantitative estimate of drug-likeness (QED) is 0.530. The van der Waals surface area contributed by atoms with Crippen LogP contribution in [-0.2, 0) is 0 Å². The van der Waals surface area contributed by atoms with Crippen LogP contribution < -0.4 is 11.5 Å². The van der Waals surface area contributed by atoms with Crippen molar-refractivity contribution in [2.45, 2.75) is 0 Å². The van der Waals surface area contributed by atoms with Gasteiger partial charge in [0.05, 0.1) is 0 Å². The second-order valence-corrected chi connectivity index (χ2v) is 2.08. The molecule has 0 unspecified atom stereocenters. The van der Waals surface area contributed by atoms with Crippen LogP contribution in [0.1, 0.15) is 11.3 Å². The second-order valence-electron chi connectivity index (χ2n) is 2.08. The molecule has 0 aliphatic heterocycles. The molecule has 1 aromatic heterocycles. The summed E-state index contributed by atoms with van der Waals surface area (Å²) in [6, 6.07) is 2.34. The first kappa shape index (κ1) is 8.56. The van der Waals surface area contributed by atoms with Crippen LogP contribution in [0.15, 0.2) is 0 Å². The molecule has 0 saturated carbocycles. The van der Waals surface area contributed by atoms with E-state index in [2.05, 4.69) is 5.10 Å². The topological polar surface area (TPSA) is 135 Å². The van der Waals surface area contributed by atoms with Gasteiger partial charge in [-0.1, -0.05) is 0 Å². The second kappa shape index (κ2) is 2.83. The van der Waals surface area contributed by atoms with Gasteiger partial charge in [0, 0.05) is 0 Å². The number of rotatable bonds is 0. The lowest BCUT2D eigenvalue weighted by atomic mass is 10.3. The Hall–Kier alpha value is -2.54. The third kappa shape index (κ3) is 1.14. The Labute approximate surface area is 72.8 Å². The number of nitrogen functional groups attached to an aromatic ring is 1. The standard InChI is InChI=1S/C6H4N6O/c7-1-3-4(2-8)11-12(5(3)9)6(10)13/h9H2,(H2,10,13). The molecule has 7 heteroatoms. The molecule has 1 rings (SSSR count). The molecule has 0 bridgehead atoms. The Morgan fingerprint density at radius 2 is 2.08 bits per heavy atom. The number of amides is 1. The van der Waals surface area contributed by atoms with Crippen molar-refractivity contribution in [3.05, 3.63) is 11.3 Å². The van der Waals surface area contributed by atoms with Gasteiger partial charge in [-0.25, -0.2) is 4.79 Å². The van der Waals surface area contributed by atoms with Gasteiger partial charge in [-0.15, -0.1) is 5.10 Å². The van der Waals surface area contributed by atoms with E-state index in [9.17, 15) is 4.79 Å². The number of anilines is 1. The molecule has 0 aliphatic rings. The molecule has 1 aromatic rings. The predicted molar refractivity (Wildman–Crippen MR) is 41.1 cm³/mol. The number of hydrogen-bond acceptors (Lipinski definition) is 5. The van der Waals surface area contributed by atoms with Crippen molar-refractivity contribution >= 4 is 11.8 Å². The lowest BCUT2D eigenvalue weighted by molar-refractivity contribution is 0.248. The predicted octanol–water partition coefficient (Wildman–Crippen LogP) is -0.865. The largest absolute Gasteiger partial charge is 0.382 e. The number of nitrogens with zero attached hydrogens (tertiary/aromatic N) is 4. The van der Waals surface area contributed by atoms with E-state index in [1.165, 1.54) is 0 Å². The van der Waals surface area contributed by atoms with Crippen LogP contribution in [0.3, 0.4) is 0 Å². The maximum Gasteiger partial charge on any atom is 0.341 e. The zero-order valence-corrected chi connectivity index (χ0v) is 6.35. The van der Waals surface area contributed by atoms with Gasteiger partial charge in [0.25, 0.3) is 0 Å². The first-order valence-electron chi connectivity index (χ1n) is 3.10. The highest BCUT2D eigenvalue weighted by atomic mass is 16.2. The fourth-order valence-corrected chi connectivity index (χ4v) is 0.788. The van der Waals surface area contributed by atoms with Crippen LogP contribution in [-0.4, -0.2) is 15.8 Å². The van der Waals surface area contributed by atoms with E-state index in [0.29, 0.717) is 4.68 Å². The zero-order valence-electron chi connectivity index (χ0n) is 6.35. The fraction of sp³-hybridized carbons (Fsp3) is 0. The summed E-state index contributed by atoms with van der Waals surface area (Å²) in [6.07, 6.45) is 0. The minimum Gasteiger partial charge on any atom is -0.382 e. The summed E-state index contributed by atoms with van der Waals surface area (Å²) in [5.41, 5.74) is 9.84.